The monoisotopic (exact) mass is 402 g/mol. The summed E-state index contributed by atoms with van der Waals surface area (Å²) in [6, 6.07) is 6.63. The second kappa shape index (κ2) is 9.13. The van der Waals surface area contributed by atoms with Crippen molar-refractivity contribution >= 4 is 17.5 Å². The number of aryl methyl sites for hydroxylation is 1. The fourth-order valence-electron chi connectivity index (χ4n) is 4.03. The van der Waals surface area contributed by atoms with Crippen molar-refractivity contribution in [2.75, 3.05) is 51.3 Å². The van der Waals surface area contributed by atoms with E-state index in [9.17, 15) is 9.59 Å². The minimum Gasteiger partial charge on any atom is -0.379 e. The maximum atomic E-state index is 12.3. The number of morpholine rings is 1. The van der Waals surface area contributed by atoms with Crippen LogP contribution in [-0.2, 0) is 20.7 Å². The third-order valence-corrected chi connectivity index (χ3v) is 5.48. The zero-order valence-electron chi connectivity index (χ0n) is 18.1. The lowest BCUT2D eigenvalue weighted by molar-refractivity contribution is -0.140. The predicted molar refractivity (Wildman–Crippen MR) is 114 cm³/mol. The highest BCUT2D eigenvalue weighted by atomic mass is 16.5. The molecule has 2 aliphatic heterocycles. The van der Waals surface area contributed by atoms with Gasteiger partial charge in [-0.15, -0.1) is 0 Å². The first kappa shape index (κ1) is 21.6. The Hall–Kier alpha value is -2.12. The van der Waals surface area contributed by atoms with Crippen LogP contribution in [0.25, 0.3) is 0 Å². The molecule has 0 aromatic heterocycles. The Balaban J connectivity index is 1.75. The Morgan fingerprint density at radius 1 is 1.14 bits per heavy atom. The first-order valence-corrected chi connectivity index (χ1v) is 10.5. The molecule has 7 nitrogen and oxygen atoms in total. The normalized spacial score (nSPS) is 18.7. The molecule has 160 valence electrons. The van der Waals surface area contributed by atoms with Crippen LogP contribution < -0.4 is 15.5 Å². The highest BCUT2D eigenvalue weighted by molar-refractivity contribution is 6.35. The van der Waals surface area contributed by atoms with Crippen LogP contribution in [0.5, 0.6) is 0 Å². The van der Waals surface area contributed by atoms with Gasteiger partial charge in [-0.2, -0.15) is 0 Å². The van der Waals surface area contributed by atoms with E-state index in [2.05, 4.69) is 45.7 Å². The van der Waals surface area contributed by atoms with E-state index >= 15 is 0 Å². The number of nitrogens with one attached hydrogen (secondary N) is 2. The zero-order valence-corrected chi connectivity index (χ0v) is 18.1. The lowest BCUT2D eigenvalue weighted by atomic mass is 9.95. The summed E-state index contributed by atoms with van der Waals surface area (Å²) in [6.07, 6.45) is 2.22. The number of carbonyl (C=O) groups is 2. The van der Waals surface area contributed by atoms with Gasteiger partial charge in [-0.3, -0.25) is 14.5 Å². The number of nitrogens with zero attached hydrogens (tertiary/aromatic N) is 2. The predicted octanol–water partition coefficient (Wildman–Crippen LogP) is 1.47. The van der Waals surface area contributed by atoms with Gasteiger partial charge in [-0.25, -0.2) is 0 Å². The van der Waals surface area contributed by atoms with Crippen molar-refractivity contribution in [1.29, 1.82) is 0 Å². The molecule has 1 fully saturated rings. The van der Waals surface area contributed by atoms with Gasteiger partial charge in [0.2, 0.25) is 0 Å². The van der Waals surface area contributed by atoms with E-state index in [1.165, 1.54) is 16.8 Å². The molecule has 0 aliphatic carbocycles. The Bertz CT molecular complexity index is 738. The maximum Gasteiger partial charge on any atom is 0.309 e. The molecule has 2 heterocycles. The van der Waals surface area contributed by atoms with Gasteiger partial charge in [0.1, 0.15) is 0 Å². The molecular formula is C22H34N4O3. The Kier molecular flexibility index (Phi) is 6.80. The number of rotatable bonds is 4. The summed E-state index contributed by atoms with van der Waals surface area (Å²) in [4.78, 5) is 29.1. The molecule has 0 unspecified atom stereocenters. The number of fused-ring (bicyclic) bond motifs is 1. The molecule has 7 heteroatoms. The lowest BCUT2D eigenvalue weighted by Gasteiger charge is -2.36. The quantitative estimate of drug-likeness (QED) is 0.747. The van der Waals surface area contributed by atoms with Crippen LogP contribution in [0.3, 0.4) is 0 Å². The molecule has 0 spiro atoms. The van der Waals surface area contributed by atoms with Gasteiger partial charge in [-0.1, -0.05) is 12.1 Å². The minimum atomic E-state index is -0.592. The number of hydrogen-bond acceptors (Lipinski definition) is 5. The van der Waals surface area contributed by atoms with Gasteiger partial charge in [0.15, 0.2) is 0 Å². The molecule has 0 radical (unpaired) electrons. The van der Waals surface area contributed by atoms with Crippen molar-refractivity contribution in [3.63, 3.8) is 0 Å². The first-order chi connectivity index (χ1) is 13.7. The summed E-state index contributed by atoms with van der Waals surface area (Å²) in [5, 5.41) is 5.56. The zero-order chi connectivity index (χ0) is 21.0. The largest absolute Gasteiger partial charge is 0.379 e. The highest BCUT2D eigenvalue weighted by Crippen LogP contribution is 2.30. The van der Waals surface area contributed by atoms with Crippen LogP contribution in [-0.4, -0.2) is 68.7 Å². The number of hydrogen-bond donors (Lipinski definition) is 2. The van der Waals surface area contributed by atoms with E-state index in [-0.39, 0.29) is 6.04 Å². The summed E-state index contributed by atoms with van der Waals surface area (Å²) in [5.41, 5.74) is 3.38. The summed E-state index contributed by atoms with van der Waals surface area (Å²) in [6.45, 7) is 10.0. The van der Waals surface area contributed by atoms with Crippen molar-refractivity contribution in [3.05, 3.63) is 29.3 Å². The minimum absolute atomic E-state index is 0.0165. The molecule has 0 saturated carbocycles. The summed E-state index contributed by atoms with van der Waals surface area (Å²) < 4.78 is 5.51. The van der Waals surface area contributed by atoms with E-state index in [0.717, 1.165) is 32.5 Å². The molecule has 1 atom stereocenters. The molecule has 0 bridgehead atoms. The third-order valence-electron chi connectivity index (χ3n) is 5.48. The summed E-state index contributed by atoms with van der Waals surface area (Å²) in [7, 11) is 2.13. The van der Waals surface area contributed by atoms with Gasteiger partial charge in [0.05, 0.1) is 19.3 Å². The van der Waals surface area contributed by atoms with E-state index in [0.29, 0.717) is 19.8 Å². The van der Waals surface area contributed by atoms with Gasteiger partial charge in [0, 0.05) is 44.5 Å². The first-order valence-electron chi connectivity index (χ1n) is 10.5. The molecule has 29 heavy (non-hydrogen) atoms. The number of anilines is 1. The van der Waals surface area contributed by atoms with Crippen LogP contribution in [0.2, 0.25) is 0 Å². The van der Waals surface area contributed by atoms with Gasteiger partial charge in [0.25, 0.3) is 0 Å². The van der Waals surface area contributed by atoms with Crippen LogP contribution in [0.4, 0.5) is 5.69 Å². The average molecular weight is 403 g/mol. The molecule has 1 saturated heterocycles. The maximum absolute atomic E-state index is 12.3. The van der Waals surface area contributed by atoms with E-state index in [1.54, 1.807) is 0 Å². The second-order valence-corrected chi connectivity index (χ2v) is 8.99. The van der Waals surface area contributed by atoms with E-state index in [4.69, 9.17) is 4.74 Å². The van der Waals surface area contributed by atoms with Crippen molar-refractivity contribution in [3.8, 4) is 0 Å². The average Bonchev–Trinajstić information content (AvgIpc) is 2.67. The summed E-state index contributed by atoms with van der Waals surface area (Å²) >= 11 is 0. The standard InChI is InChI=1S/C22H34N4O3/c1-22(2,3)24-21(28)20(27)23-15-19(26-10-12-29-13-11-26)17-7-8-18-16(14-17)6-5-9-25(18)4/h7-8,14,19H,5-6,9-13,15H2,1-4H3,(H,23,27)(H,24,28)/t19-/m0/s1. The molecule has 1 aromatic rings. The Labute approximate surface area is 173 Å². The van der Waals surface area contributed by atoms with Crippen molar-refractivity contribution in [2.24, 2.45) is 0 Å². The van der Waals surface area contributed by atoms with Crippen molar-refractivity contribution < 1.29 is 14.3 Å². The number of benzene rings is 1. The van der Waals surface area contributed by atoms with Crippen LogP contribution in [0, 0.1) is 0 Å². The number of ether oxygens (including phenoxy) is 1. The summed E-state index contributed by atoms with van der Waals surface area (Å²) in [5.74, 6) is -1.18. The van der Waals surface area contributed by atoms with Crippen LogP contribution >= 0.6 is 0 Å². The fraction of sp³-hybridized carbons (Fsp3) is 0.636. The number of carbonyl (C=O) groups excluding carboxylic acids is 2. The molecule has 2 aliphatic rings. The Morgan fingerprint density at radius 3 is 2.55 bits per heavy atom. The van der Waals surface area contributed by atoms with E-state index in [1.807, 2.05) is 20.8 Å². The van der Waals surface area contributed by atoms with Gasteiger partial charge < -0.3 is 20.3 Å². The topological polar surface area (TPSA) is 73.9 Å². The molecular weight excluding hydrogens is 368 g/mol. The molecule has 2 N–H and O–H groups in total. The van der Waals surface area contributed by atoms with Gasteiger partial charge >= 0.3 is 11.8 Å². The van der Waals surface area contributed by atoms with E-state index < -0.39 is 17.4 Å². The van der Waals surface area contributed by atoms with Crippen molar-refractivity contribution in [2.45, 2.75) is 45.2 Å². The van der Waals surface area contributed by atoms with Crippen LogP contribution in [0.1, 0.15) is 44.4 Å². The smallest absolute Gasteiger partial charge is 0.309 e. The molecule has 3 rings (SSSR count). The molecule has 2 amide bonds. The fourth-order valence-corrected chi connectivity index (χ4v) is 4.03. The van der Waals surface area contributed by atoms with Crippen molar-refractivity contribution in [1.82, 2.24) is 15.5 Å². The third kappa shape index (κ3) is 5.70. The highest BCUT2D eigenvalue weighted by Gasteiger charge is 2.27. The SMILES string of the molecule is CN1CCCc2cc([C@H](CNC(=O)C(=O)NC(C)(C)C)N3CCOCC3)ccc21. The second-order valence-electron chi connectivity index (χ2n) is 8.99. The van der Waals surface area contributed by atoms with Crippen LogP contribution in [0.15, 0.2) is 18.2 Å². The lowest BCUT2D eigenvalue weighted by Crippen LogP contribution is -2.50. The molecule has 1 aromatic carbocycles. The number of amides is 2. The Morgan fingerprint density at radius 2 is 1.86 bits per heavy atom. The van der Waals surface area contributed by atoms with Gasteiger partial charge in [-0.05, 0) is 50.8 Å².